The van der Waals surface area contributed by atoms with Crippen LogP contribution < -0.4 is 0 Å². The fourth-order valence-electron chi connectivity index (χ4n) is 4.18. The molecule has 0 spiro atoms. The molecule has 0 amide bonds. The highest BCUT2D eigenvalue weighted by Crippen LogP contribution is 2.36. The molecule has 4 nitrogen and oxygen atoms in total. The summed E-state index contributed by atoms with van der Waals surface area (Å²) in [5.41, 5.74) is 2.04. The average molecular weight is 557 g/mol. The van der Waals surface area contributed by atoms with Crippen LogP contribution in [0.3, 0.4) is 0 Å². The molecule has 0 aliphatic carbocycles. The number of benzene rings is 2. The summed E-state index contributed by atoms with van der Waals surface area (Å²) >= 11 is 12.1. The molecule has 1 fully saturated rings. The Balaban J connectivity index is 1.65. The zero-order chi connectivity index (χ0) is 26.7. The molecular formula is C24H24Cl2F6N2O2. The second kappa shape index (κ2) is 11.6. The molecular weight excluding hydrogens is 533 g/mol. The first-order valence-electron chi connectivity index (χ1n) is 11.0. The summed E-state index contributed by atoms with van der Waals surface area (Å²) in [6.45, 7) is 2.80. The van der Waals surface area contributed by atoms with Crippen molar-refractivity contribution in [1.29, 1.82) is 0 Å². The summed E-state index contributed by atoms with van der Waals surface area (Å²) in [5, 5.41) is 1.20. The lowest BCUT2D eigenvalue weighted by atomic mass is 9.90. The predicted octanol–water partition coefficient (Wildman–Crippen LogP) is 6.17. The van der Waals surface area contributed by atoms with Crippen molar-refractivity contribution in [3.8, 4) is 0 Å². The Morgan fingerprint density at radius 1 is 0.917 bits per heavy atom. The zero-order valence-corrected chi connectivity index (χ0v) is 20.6. The van der Waals surface area contributed by atoms with Crippen LogP contribution in [0, 0.1) is 0 Å². The van der Waals surface area contributed by atoms with Gasteiger partial charge in [0.05, 0.1) is 6.54 Å². The van der Waals surface area contributed by atoms with Crippen LogP contribution in [0.5, 0.6) is 0 Å². The lowest BCUT2D eigenvalue weighted by Crippen LogP contribution is -2.54. The van der Waals surface area contributed by atoms with E-state index >= 15 is 0 Å². The number of esters is 1. The van der Waals surface area contributed by atoms with Gasteiger partial charge in [0.25, 0.3) is 6.10 Å². The number of alkyl halides is 6. The molecule has 198 valence electrons. The van der Waals surface area contributed by atoms with Crippen LogP contribution in [0.2, 0.25) is 10.0 Å². The first-order valence-corrected chi connectivity index (χ1v) is 11.8. The van der Waals surface area contributed by atoms with Crippen LogP contribution in [0.1, 0.15) is 24.0 Å². The Bertz CT molecular complexity index is 956. The van der Waals surface area contributed by atoms with Gasteiger partial charge in [0.1, 0.15) is 0 Å². The molecule has 1 unspecified atom stereocenters. The molecule has 1 atom stereocenters. The summed E-state index contributed by atoms with van der Waals surface area (Å²) in [7, 11) is 0. The summed E-state index contributed by atoms with van der Waals surface area (Å²) in [6, 6.07) is 14.8. The van der Waals surface area contributed by atoms with Crippen molar-refractivity contribution >= 4 is 29.2 Å². The molecule has 1 aliphatic heterocycles. The third kappa shape index (κ3) is 7.74. The summed E-state index contributed by atoms with van der Waals surface area (Å²) in [6.07, 6.45) is -15.6. The minimum Gasteiger partial charge on any atom is -0.442 e. The number of halogens is 8. The van der Waals surface area contributed by atoms with Crippen LogP contribution in [-0.2, 0) is 9.53 Å². The molecule has 0 bridgehead atoms. The molecule has 1 aliphatic rings. The van der Waals surface area contributed by atoms with E-state index in [1.807, 2.05) is 31.2 Å². The molecule has 0 saturated carbocycles. The van der Waals surface area contributed by atoms with Gasteiger partial charge in [0.2, 0.25) is 0 Å². The zero-order valence-electron chi connectivity index (χ0n) is 19.1. The Morgan fingerprint density at radius 2 is 1.39 bits per heavy atom. The van der Waals surface area contributed by atoms with Crippen molar-refractivity contribution in [2.75, 3.05) is 32.7 Å². The van der Waals surface area contributed by atoms with Crippen LogP contribution >= 0.6 is 23.2 Å². The Hall–Kier alpha value is -2.01. The highest BCUT2D eigenvalue weighted by Gasteiger charge is 2.59. The monoisotopic (exact) mass is 556 g/mol. The van der Waals surface area contributed by atoms with Crippen LogP contribution in [0.25, 0.3) is 0 Å². The van der Waals surface area contributed by atoms with Gasteiger partial charge in [-0.1, -0.05) is 47.5 Å². The van der Waals surface area contributed by atoms with E-state index in [1.165, 1.54) is 4.90 Å². The number of piperazine rings is 1. The molecule has 3 rings (SSSR count). The standard InChI is InChI=1S/C24H24Cl2F6N2O2/c1-15-12-33(14-21(35)36-22(23(27,28)29)24(30,31)32)10-11-34(15)13-20(16-2-6-18(25)7-3-16)17-4-8-19(26)9-5-17/h2-9,15,20,22H,10-14H2,1H3. The van der Waals surface area contributed by atoms with Gasteiger partial charge in [-0.3, -0.25) is 14.6 Å². The van der Waals surface area contributed by atoms with Gasteiger partial charge in [-0.2, -0.15) is 26.3 Å². The maximum Gasteiger partial charge on any atom is 0.434 e. The molecule has 1 heterocycles. The number of carbonyl (C=O) groups excluding carboxylic acids is 1. The normalized spacial score (nSPS) is 18.1. The maximum absolute atomic E-state index is 12.7. The minimum absolute atomic E-state index is 0.0437. The van der Waals surface area contributed by atoms with Crippen molar-refractivity contribution < 1.29 is 35.9 Å². The molecule has 0 radical (unpaired) electrons. The van der Waals surface area contributed by atoms with Crippen molar-refractivity contribution in [2.45, 2.75) is 37.3 Å². The SMILES string of the molecule is CC1CN(CC(=O)OC(C(F)(F)F)C(F)(F)F)CCN1CC(c1ccc(Cl)cc1)c1ccc(Cl)cc1. The number of nitrogens with zero attached hydrogens (tertiary/aromatic N) is 2. The molecule has 2 aromatic carbocycles. The second-order valence-electron chi connectivity index (χ2n) is 8.69. The number of carbonyl (C=O) groups is 1. The molecule has 1 saturated heterocycles. The van der Waals surface area contributed by atoms with Gasteiger partial charge in [0.15, 0.2) is 0 Å². The first-order chi connectivity index (χ1) is 16.7. The fourth-order valence-corrected chi connectivity index (χ4v) is 4.44. The first kappa shape index (κ1) is 28.6. The largest absolute Gasteiger partial charge is 0.442 e. The Morgan fingerprint density at radius 3 is 1.81 bits per heavy atom. The van der Waals surface area contributed by atoms with Crippen molar-refractivity contribution in [1.82, 2.24) is 9.80 Å². The van der Waals surface area contributed by atoms with Crippen LogP contribution in [0.4, 0.5) is 26.3 Å². The van der Waals surface area contributed by atoms with Crippen molar-refractivity contribution in [3.05, 3.63) is 69.7 Å². The Kier molecular flexibility index (Phi) is 9.19. The lowest BCUT2D eigenvalue weighted by Gasteiger charge is -2.41. The van der Waals surface area contributed by atoms with E-state index in [0.717, 1.165) is 11.1 Å². The topological polar surface area (TPSA) is 32.8 Å². The van der Waals surface area contributed by atoms with Crippen molar-refractivity contribution in [2.24, 2.45) is 0 Å². The van der Waals surface area contributed by atoms with E-state index < -0.39 is 31.0 Å². The molecule has 12 heteroatoms. The van der Waals surface area contributed by atoms with Gasteiger partial charge in [-0.05, 0) is 42.3 Å². The summed E-state index contributed by atoms with van der Waals surface area (Å²) < 4.78 is 79.9. The fraction of sp³-hybridized carbons (Fsp3) is 0.458. The number of ether oxygens (including phenoxy) is 1. The smallest absolute Gasteiger partial charge is 0.434 e. The maximum atomic E-state index is 12.7. The highest BCUT2D eigenvalue weighted by atomic mass is 35.5. The third-order valence-electron chi connectivity index (χ3n) is 6.01. The number of hydrogen-bond acceptors (Lipinski definition) is 4. The average Bonchev–Trinajstić information content (AvgIpc) is 2.77. The van der Waals surface area contributed by atoms with Crippen molar-refractivity contribution in [3.63, 3.8) is 0 Å². The van der Waals surface area contributed by atoms with E-state index in [4.69, 9.17) is 23.2 Å². The van der Waals surface area contributed by atoms with E-state index in [1.54, 1.807) is 24.3 Å². The van der Waals surface area contributed by atoms with Gasteiger partial charge in [-0.15, -0.1) is 0 Å². The van der Waals surface area contributed by atoms with Gasteiger partial charge >= 0.3 is 18.3 Å². The van der Waals surface area contributed by atoms with Crippen LogP contribution in [-0.4, -0.2) is 73.0 Å². The molecule has 0 aromatic heterocycles. The summed E-state index contributed by atoms with van der Waals surface area (Å²) in [4.78, 5) is 15.6. The van der Waals surface area contributed by atoms with E-state index in [-0.39, 0.29) is 25.0 Å². The van der Waals surface area contributed by atoms with Crippen LogP contribution in [0.15, 0.2) is 48.5 Å². The highest BCUT2D eigenvalue weighted by molar-refractivity contribution is 6.30. The van der Waals surface area contributed by atoms with Gasteiger partial charge < -0.3 is 4.74 Å². The Labute approximate surface area is 214 Å². The van der Waals surface area contributed by atoms with E-state index in [2.05, 4.69) is 9.64 Å². The second-order valence-corrected chi connectivity index (χ2v) is 9.56. The third-order valence-corrected chi connectivity index (χ3v) is 6.51. The van der Waals surface area contributed by atoms with E-state index in [9.17, 15) is 31.1 Å². The lowest BCUT2D eigenvalue weighted by molar-refractivity contribution is -0.313. The quantitative estimate of drug-likeness (QED) is 0.301. The van der Waals surface area contributed by atoms with E-state index in [0.29, 0.717) is 23.1 Å². The van der Waals surface area contributed by atoms with Gasteiger partial charge in [-0.25, -0.2) is 0 Å². The molecule has 36 heavy (non-hydrogen) atoms. The predicted molar refractivity (Wildman–Crippen MR) is 124 cm³/mol. The minimum atomic E-state index is -5.74. The molecule has 2 aromatic rings. The molecule has 0 N–H and O–H groups in total. The van der Waals surface area contributed by atoms with Gasteiger partial charge in [0, 0.05) is 48.2 Å². The summed E-state index contributed by atoms with van der Waals surface area (Å²) in [5.74, 6) is -1.62. The number of rotatable bonds is 7. The number of hydrogen-bond donors (Lipinski definition) is 0.